The lowest BCUT2D eigenvalue weighted by Crippen LogP contribution is -2.44. The van der Waals surface area contributed by atoms with E-state index in [4.69, 9.17) is 5.73 Å². The van der Waals surface area contributed by atoms with Crippen molar-refractivity contribution in [2.45, 2.75) is 39.8 Å². The van der Waals surface area contributed by atoms with Crippen molar-refractivity contribution in [3.63, 3.8) is 0 Å². The Balaban J connectivity index is 1.83. The van der Waals surface area contributed by atoms with Crippen molar-refractivity contribution in [3.05, 3.63) is 58.7 Å². The summed E-state index contributed by atoms with van der Waals surface area (Å²) >= 11 is 0. The van der Waals surface area contributed by atoms with Gasteiger partial charge in [-0.15, -0.1) is 0 Å². The van der Waals surface area contributed by atoms with Gasteiger partial charge in [0.2, 0.25) is 5.91 Å². The van der Waals surface area contributed by atoms with Crippen LogP contribution in [-0.4, -0.2) is 43.3 Å². The largest absolute Gasteiger partial charge is 0.368 e. The molecule has 2 aromatic heterocycles. The minimum Gasteiger partial charge on any atom is -0.368 e. The number of nitrogens with two attached hydrogens (primary N) is 1. The zero-order valence-electron chi connectivity index (χ0n) is 17.0. The fourth-order valence-electron chi connectivity index (χ4n) is 2.88. The van der Waals surface area contributed by atoms with E-state index >= 15 is 0 Å². The van der Waals surface area contributed by atoms with Gasteiger partial charge in [-0.05, 0) is 37.0 Å². The first-order valence-electron chi connectivity index (χ1n) is 9.45. The number of carbonyl (C=O) groups is 3. The monoisotopic (exact) mass is 409 g/mol. The van der Waals surface area contributed by atoms with Crippen LogP contribution in [0.1, 0.15) is 51.0 Å². The van der Waals surface area contributed by atoms with Gasteiger partial charge in [0.05, 0.1) is 0 Å². The number of nitrogens with zero attached hydrogens (tertiary/aromatic N) is 4. The number of amides is 3. The molecule has 0 aliphatic carbocycles. The van der Waals surface area contributed by atoms with Crippen LogP contribution in [0.4, 0.5) is 0 Å². The third-order valence-corrected chi connectivity index (χ3v) is 4.80. The summed E-state index contributed by atoms with van der Waals surface area (Å²) in [7, 11) is 0. The third kappa shape index (κ3) is 4.43. The van der Waals surface area contributed by atoms with Crippen molar-refractivity contribution >= 4 is 23.5 Å². The summed E-state index contributed by atoms with van der Waals surface area (Å²) in [6.07, 6.45) is 1.55. The highest BCUT2D eigenvalue weighted by Crippen LogP contribution is 2.11. The molecule has 0 aliphatic rings. The number of hydrogen-bond acceptors (Lipinski definition) is 6. The van der Waals surface area contributed by atoms with E-state index in [1.807, 2.05) is 32.0 Å². The van der Waals surface area contributed by atoms with Crippen molar-refractivity contribution in [2.24, 2.45) is 5.73 Å². The van der Waals surface area contributed by atoms with Crippen LogP contribution in [0.5, 0.6) is 0 Å². The highest BCUT2D eigenvalue weighted by atomic mass is 16.2. The van der Waals surface area contributed by atoms with E-state index in [1.54, 1.807) is 6.92 Å². The Morgan fingerprint density at radius 2 is 1.90 bits per heavy atom. The maximum Gasteiger partial charge on any atom is 0.270 e. The number of aromatic nitrogens is 4. The number of benzene rings is 1. The summed E-state index contributed by atoms with van der Waals surface area (Å²) in [5, 5.41) is 9.29. The summed E-state index contributed by atoms with van der Waals surface area (Å²) in [5.41, 5.74) is 8.57. The number of carbonyl (C=O) groups excluding carboxylic acids is 3. The fourth-order valence-corrected chi connectivity index (χ4v) is 2.88. The summed E-state index contributed by atoms with van der Waals surface area (Å²) < 4.78 is 1.20. The van der Waals surface area contributed by atoms with Crippen molar-refractivity contribution < 1.29 is 14.4 Å². The van der Waals surface area contributed by atoms with Gasteiger partial charge in [0.15, 0.2) is 0 Å². The molecule has 2 heterocycles. The highest BCUT2D eigenvalue weighted by Gasteiger charge is 2.22. The molecule has 0 unspecified atom stereocenters. The summed E-state index contributed by atoms with van der Waals surface area (Å²) in [4.78, 5) is 44.9. The number of primary amides is 1. The van der Waals surface area contributed by atoms with Crippen LogP contribution >= 0.6 is 0 Å². The number of aryl methyl sites for hydroxylation is 2. The molecule has 1 atom stereocenters. The van der Waals surface area contributed by atoms with Gasteiger partial charge >= 0.3 is 0 Å². The lowest BCUT2D eigenvalue weighted by molar-refractivity contribution is -0.119. The second-order valence-electron chi connectivity index (χ2n) is 6.94. The van der Waals surface area contributed by atoms with Crippen molar-refractivity contribution in [3.8, 4) is 0 Å². The summed E-state index contributed by atoms with van der Waals surface area (Å²) in [5.74, 6) is -1.64. The van der Waals surface area contributed by atoms with Crippen LogP contribution in [0.3, 0.4) is 0 Å². The van der Waals surface area contributed by atoms with Gasteiger partial charge in [-0.1, -0.05) is 25.1 Å². The second-order valence-corrected chi connectivity index (χ2v) is 6.94. The van der Waals surface area contributed by atoms with Crippen LogP contribution in [0.15, 0.2) is 30.6 Å². The first-order chi connectivity index (χ1) is 14.3. The van der Waals surface area contributed by atoms with Crippen LogP contribution in [0.2, 0.25) is 0 Å². The van der Waals surface area contributed by atoms with Crippen LogP contribution < -0.4 is 16.4 Å². The Kier molecular flexibility index (Phi) is 6.05. The SMILES string of the molecule is CC[C@@H](NC(=O)c1cc(C(=O)NCc2ccc(C)c(C)c2)nc2ncnn12)C(N)=O. The topological polar surface area (TPSA) is 144 Å². The number of nitrogens with one attached hydrogen (secondary N) is 2. The molecule has 156 valence electrons. The predicted octanol–water partition coefficient (Wildman–Crippen LogP) is 0.665. The average Bonchev–Trinajstić information content (AvgIpc) is 3.20. The van der Waals surface area contributed by atoms with Gasteiger partial charge in [0, 0.05) is 12.6 Å². The van der Waals surface area contributed by atoms with E-state index in [9.17, 15) is 14.4 Å². The average molecular weight is 409 g/mol. The molecule has 30 heavy (non-hydrogen) atoms. The highest BCUT2D eigenvalue weighted by molar-refractivity contribution is 5.99. The second kappa shape index (κ2) is 8.68. The molecule has 0 spiro atoms. The van der Waals surface area contributed by atoms with E-state index in [2.05, 4.69) is 25.7 Å². The zero-order chi connectivity index (χ0) is 21.8. The van der Waals surface area contributed by atoms with Crippen molar-refractivity contribution in [2.75, 3.05) is 0 Å². The molecule has 3 aromatic rings. The van der Waals surface area contributed by atoms with Crippen LogP contribution in [0.25, 0.3) is 5.78 Å². The molecular weight excluding hydrogens is 386 g/mol. The molecule has 0 aliphatic heterocycles. The maximum absolute atomic E-state index is 12.7. The molecule has 10 heteroatoms. The lowest BCUT2D eigenvalue weighted by atomic mass is 10.1. The first kappa shape index (κ1) is 20.9. The van der Waals surface area contributed by atoms with E-state index in [0.717, 1.165) is 11.1 Å². The van der Waals surface area contributed by atoms with Gasteiger partial charge in [-0.2, -0.15) is 14.6 Å². The Morgan fingerprint density at radius 3 is 2.57 bits per heavy atom. The Bertz CT molecular complexity index is 1120. The molecule has 1 aromatic carbocycles. The molecule has 0 saturated heterocycles. The minimum absolute atomic E-state index is 0.0107. The van der Waals surface area contributed by atoms with Crippen LogP contribution in [0, 0.1) is 13.8 Å². The molecular formula is C20H23N7O3. The molecule has 10 nitrogen and oxygen atoms in total. The Hall–Kier alpha value is -3.82. The van der Waals surface area contributed by atoms with Gasteiger partial charge in [-0.3, -0.25) is 14.4 Å². The normalized spacial score (nSPS) is 11.8. The Morgan fingerprint density at radius 1 is 1.13 bits per heavy atom. The van der Waals surface area contributed by atoms with Crippen LogP contribution in [-0.2, 0) is 11.3 Å². The molecule has 0 fully saturated rings. The third-order valence-electron chi connectivity index (χ3n) is 4.80. The summed E-state index contributed by atoms with van der Waals surface area (Å²) in [6, 6.07) is 6.39. The quantitative estimate of drug-likeness (QED) is 0.523. The standard InChI is InChI=1S/C20H23N7O3/c1-4-14(17(21)28)25-19(30)16-8-15(26-20-23-10-24-27(16)20)18(29)22-9-13-6-5-11(2)12(3)7-13/h5-8,10,14H,4,9H2,1-3H3,(H2,21,28)(H,22,29)(H,25,30)/t14-/m1/s1. The van der Waals surface area contributed by atoms with Gasteiger partial charge in [0.1, 0.15) is 23.8 Å². The molecule has 4 N–H and O–H groups in total. The van der Waals surface area contributed by atoms with Crippen molar-refractivity contribution in [1.82, 2.24) is 30.2 Å². The molecule has 0 saturated carbocycles. The van der Waals surface area contributed by atoms with E-state index in [0.29, 0.717) is 13.0 Å². The molecule has 3 amide bonds. The minimum atomic E-state index is -0.841. The van der Waals surface area contributed by atoms with Gasteiger partial charge < -0.3 is 16.4 Å². The number of hydrogen-bond donors (Lipinski definition) is 3. The van der Waals surface area contributed by atoms with Crippen molar-refractivity contribution in [1.29, 1.82) is 0 Å². The number of rotatable bonds is 7. The van der Waals surface area contributed by atoms with E-state index in [1.165, 1.54) is 22.5 Å². The maximum atomic E-state index is 12.7. The zero-order valence-corrected chi connectivity index (χ0v) is 17.0. The fraction of sp³-hybridized carbons (Fsp3) is 0.300. The predicted molar refractivity (Wildman–Crippen MR) is 109 cm³/mol. The number of fused-ring (bicyclic) bond motifs is 1. The summed E-state index contributed by atoms with van der Waals surface area (Å²) in [6.45, 7) is 6.05. The van der Waals surface area contributed by atoms with Gasteiger partial charge in [-0.25, -0.2) is 4.98 Å². The Labute approximate surface area is 172 Å². The first-order valence-corrected chi connectivity index (χ1v) is 9.45. The molecule has 0 radical (unpaired) electrons. The molecule has 0 bridgehead atoms. The molecule has 3 rings (SSSR count). The lowest BCUT2D eigenvalue weighted by Gasteiger charge is -2.14. The van der Waals surface area contributed by atoms with E-state index < -0.39 is 23.8 Å². The van der Waals surface area contributed by atoms with Gasteiger partial charge in [0.25, 0.3) is 17.6 Å². The van der Waals surface area contributed by atoms with E-state index in [-0.39, 0.29) is 17.2 Å². The smallest absolute Gasteiger partial charge is 0.270 e.